The van der Waals surface area contributed by atoms with E-state index >= 15 is 0 Å². The predicted molar refractivity (Wildman–Crippen MR) is 89.2 cm³/mol. The minimum atomic E-state index is -3.91. The lowest BCUT2D eigenvalue weighted by molar-refractivity contribution is -0.888. The zero-order valence-electron chi connectivity index (χ0n) is 13.7. The van der Waals surface area contributed by atoms with E-state index in [9.17, 15) is 18.5 Å². The van der Waals surface area contributed by atoms with Crippen LogP contribution in [-0.4, -0.2) is 68.9 Å². The fraction of sp³-hybridized carbons (Fsp3) is 0.571. The topological polar surface area (TPSA) is 101 Å². The molecule has 23 heavy (non-hydrogen) atoms. The first kappa shape index (κ1) is 19.3. The molecule has 0 bridgehead atoms. The van der Waals surface area contributed by atoms with Gasteiger partial charge in [0.25, 0.3) is 15.8 Å². The van der Waals surface area contributed by atoms with Crippen LogP contribution in [0.25, 0.3) is 0 Å². The molecule has 0 saturated heterocycles. The molecule has 1 aromatic rings. The number of non-ortho nitro benzene ring substituents is 1. The number of rotatable bonds is 9. The number of anilines is 1. The van der Waals surface area contributed by atoms with Crippen LogP contribution in [0.15, 0.2) is 24.3 Å². The van der Waals surface area contributed by atoms with Crippen molar-refractivity contribution in [1.82, 2.24) is 0 Å². The van der Waals surface area contributed by atoms with Crippen LogP contribution in [0.2, 0.25) is 0 Å². The van der Waals surface area contributed by atoms with E-state index in [4.69, 9.17) is 4.55 Å². The molecule has 0 aliphatic carbocycles. The van der Waals surface area contributed by atoms with Crippen molar-refractivity contribution in [3.8, 4) is 0 Å². The van der Waals surface area contributed by atoms with Crippen molar-refractivity contribution in [2.75, 3.05) is 51.4 Å². The Hall–Kier alpha value is -1.71. The molecule has 0 aliphatic heterocycles. The van der Waals surface area contributed by atoms with Crippen molar-refractivity contribution >= 4 is 21.5 Å². The predicted octanol–water partition coefficient (Wildman–Crippen LogP) is 1.39. The van der Waals surface area contributed by atoms with Crippen molar-refractivity contribution in [1.29, 1.82) is 0 Å². The third kappa shape index (κ3) is 7.40. The first-order chi connectivity index (χ1) is 10.5. The molecular weight excluding hydrogens is 322 g/mol. The number of nitro benzene ring substituents is 1. The van der Waals surface area contributed by atoms with E-state index in [0.29, 0.717) is 17.4 Å². The summed E-state index contributed by atoms with van der Waals surface area (Å²) in [4.78, 5) is 12.2. The third-order valence-electron chi connectivity index (χ3n) is 3.71. The van der Waals surface area contributed by atoms with Gasteiger partial charge in [-0.1, -0.05) is 0 Å². The smallest absolute Gasteiger partial charge is 0.269 e. The molecule has 0 atom stereocenters. The number of benzene rings is 1. The molecule has 0 saturated carbocycles. The van der Waals surface area contributed by atoms with E-state index in [1.54, 1.807) is 12.1 Å². The largest absolute Gasteiger partial charge is 0.369 e. The average molecular weight is 346 g/mol. The molecular formula is C14H24N3O5S+. The molecule has 8 nitrogen and oxygen atoms in total. The van der Waals surface area contributed by atoms with Crippen molar-refractivity contribution < 1.29 is 22.4 Å². The molecule has 1 aromatic carbocycles. The molecule has 0 unspecified atom stereocenters. The second kappa shape index (κ2) is 7.71. The van der Waals surface area contributed by atoms with E-state index in [1.807, 2.05) is 26.0 Å². The van der Waals surface area contributed by atoms with Crippen LogP contribution >= 0.6 is 0 Å². The summed E-state index contributed by atoms with van der Waals surface area (Å²) in [5.41, 5.74) is 0.942. The second-order valence-corrected chi connectivity index (χ2v) is 7.79. The Morgan fingerprint density at radius 2 is 1.78 bits per heavy atom. The van der Waals surface area contributed by atoms with E-state index in [1.165, 1.54) is 12.1 Å². The lowest BCUT2D eigenvalue weighted by atomic mass is 10.2. The zero-order valence-corrected chi connectivity index (χ0v) is 14.5. The number of hydrogen-bond donors (Lipinski definition) is 1. The lowest BCUT2D eigenvalue weighted by Gasteiger charge is -2.32. The fourth-order valence-electron chi connectivity index (χ4n) is 2.17. The Balaban J connectivity index is 2.50. The number of likely N-dealkylation sites (N-methyl/N-ethyl adjacent to an activating group) is 2. The molecule has 0 aromatic heterocycles. The number of nitrogens with zero attached hydrogens (tertiary/aromatic N) is 3. The normalized spacial score (nSPS) is 12.2. The molecule has 130 valence electrons. The Bertz CT molecular complexity index is 628. The summed E-state index contributed by atoms with van der Waals surface area (Å²) in [6, 6.07) is 6.35. The van der Waals surface area contributed by atoms with Gasteiger partial charge in [-0.15, -0.1) is 0 Å². The number of quaternary nitrogens is 1. The first-order valence-corrected chi connectivity index (χ1v) is 8.84. The van der Waals surface area contributed by atoms with Crippen LogP contribution in [0.4, 0.5) is 11.4 Å². The highest BCUT2D eigenvalue weighted by molar-refractivity contribution is 7.85. The standard InChI is InChI=1S/C14H23N3O5S/c1-15(13-5-7-14(8-6-13)16(18)19)9-11-17(2,3)10-4-12-23(20,21)22/h5-8H,4,9-12H2,1-3H3/p+1. The Labute approximate surface area is 136 Å². The Morgan fingerprint density at radius 1 is 1.22 bits per heavy atom. The van der Waals surface area contributed by atoms with Crippen molar-refractivity contribution in [2.24, 2.45) is 0 Å². The minimum absolute atomic E-state index is 0.0588. The van der Waals surface area contributed by atoms with Crippen LogP contribution in [0.3, 0.4) is 0 Å². The van der Waals surface area contributed by atoms with E-state index in [-0.39, 0.29) is 11.4 Å². The van der Waals surface area contributed by atoms with E-state index < -0.39 is 15.0 Å². The van der Waals surface area contributed by atoms with Gasteiger partial charge in [-0.25, -0.2) is 0 Å². The zero-order chi connectivity index (χ0) is 17.7. The monoisotopic (exact) mass is 346 g/mol. The molecule has 9 heteroatoms. The third-order valence-corrected chi connectivity index (χ3v) is 4.51. The second-order valence-electron chi connectivity index (χ2n) is 6.22. The molecule has 0 radical (unpaired) electrons. The van der Waals surface area contributed by atoms with Crippen LogP contribution < -0.4 is 4.90 Å². The van der Waals surface area contributed by atoms with Gasteiger partial charge in [0.2, 0.25) is 0 Å². The highest BCUT2D eigenvalue weighted by Crippen LogP contribution is 2.18. The molecule has 1 N–H and O–H groups in total. The summed E-state index contributed by atoms with van der Waals surface area (Å²) in [6.45, 7) is 2.13. The van der Waals surface area contributed by atoms with Crippen LogP contribution in [0.1, 0.15) is 6.42 Å². The average Bonchev–Trinajstić information content (AvgIpc) is 2.43. The Kier molecular flexibility index (Phi) is 6.48. The van der Waals surface area contributed by atoms with E-state index in [0.717, 1.165) is 18.8 Å². The Morgan fingerprint density at radius 3 is 2.26 bits per heavy atom. The van der Waals surface area contributed by atoms with Crippen LogP contribution in [0, 0.1) is 10.1 Å². The molecule has 0 amide bonds. The highest BCUT2D eigenvalue weighted by Gasteiger charge is 2.18. The van der Waals surface area contributed by atoms with Crippen molar-refractivity contribution in [2.45, 2.75) is 6.42 Å². The van der Waals surface area contributed by atoms with Crippen LogP contribution in [0.5, 0.6) is 0 Å². The fourth-order valence-corrected chi connectivity index (χ4v) is 2.66. The molecule has 0 heterocycles. The number of nitro groups is 1. The maximum absolute atomic E-state index is 10.7. The SMILES string of the molecule is CN(CC[N+](C)(C)CCCS(=O)(=O)O)c1ccc([N+](=O)[O-])cc1. The van der Waals surface area contributed by atoms with Crippen molar-refractivity contribution in [3.05, 3.63) is 34.4 Å². The first-order valence-electron chi connectivity index (χ1n) is 7.23. The summed E-state index contributed by atoms with van der Waals surface area (Å²) in [7, 11) is 1.98. The van der Waals surface area contributed by atoms with Crippen molar-refractivity contribution in [3.63, 3.8) is 0 Å². The van der Waals surface area contributed by atoms with Gasteiger partial charge in [0, 0.05) is 31.3 Å². The van der Waals surface area contributed by atoms with Crippen LogP contribution in [-0.2, 0) is 10.1 Å². The van der Waals surface area contributed by atoms with E-state index in [2.05, 4.69) is 0 Å². The quantitative estimate of drug-likeness (QED) is 0.314. The van der Waals surface area contributed by atoms with Gasteiger partial charge in [0.1, 0.15) is 0 Å². The van der Waals surface area contributed by atoms with Gasteiger partial charge in [-0.05, 0) is 12.1 Å². The molecule has 1 rings (SSSR count). The molecule has 0 aliphatic rings. The van der Waals surface area contributed by atoms with Gasteiger partial charge in [-0.3, -0.25) is 14.7 Å². The molecule has 0 fully saturated rings. The van der Waals surface area contributed by atoms with Gasteiger partial charge < -0.3 is 9.38 Å². The summed E-state index contributed by atoms with van der Waals surface area (Å²) < 4.78 is 30.8. The van der Waals surface area contributed by atoms with Gasteiger partial charge in [0.05, 0.1) is 44.4 Å². The summed E-state index contributed by atoms with van der Waals surface area (Å²) in [5, 5.41) is 10.6. The number of hydrogen-bond acceptors (Lipinski definition) is 5. The maximum Gasteiger partial charge on any atom is 0.269 e. The summed E-state index contributed by atoms with van der Waals surface area (Å²) in [6.07, 6.45) is 0.396. The summed E-state index contributed by atoms with van der Waals surface area (Å²) in [5.74, 6) is -0.229. The maximum atomic E-state index is 10.7. The lowest BCUT2D eigenvalue weighted by Crippen LogP contribution is -2.45. The van der Waals surface area contributed by atoms with Gasteiger partial charge in [-0.2, -0.15) is 8.42 Å². The highest BCUT2D eigenvalue weighted by atomic mass is 32.2. The minimum Gasteiger partial charge on any atom is -0.369 e. The molecule has 0 spiro atoms. The van der Waals surface area contributed by atoms with Gasteiger partial charge in [0.15, 0.2) is 0 Å². The van der Waals surface area contributed by atoms with Gasteiger partial charge >= 0.3 is 0 Å². The summed E-state index contributed by atoms with van der Waals surface area (Å²) >= 11 is 0.